The molecule has 1 atom stereocenters. The number of nitrogens with one attached hydrogen (secondary N) is 1. The first-order chi connectivity index (χ1) is 12.8. The van der Waals surface area contributed by atoms with Crippen molar-refractivity contribution in [3.8, 4) is 0 Å². The Kier molecular flexibility index (Phi) is 4.67. The van der Waals surface area contributed by atoms with Crippen molar-refractivity contribution in [1.82, 2.24) is 15.3 Å². The zero-order valence-corrected chi connectivity index (χ0v) is 14.1. The van der Waals surface area contributed by atoms with E-state index in [1.807, 2.05) is 36.4 Å². The summed E-state index contributed by atoms with van der Waals surface area (Å²) in [5.41, 5.74) is 3.72. The van der Waals surface area contributed by atoms with Gasteiger partial charge in [0.05, 0.1) is 17.3 Å². The average Bonchev–Trinajstić information content (AvgIpc) is 2.71. The van der Waals surface area contributed by atoms with Crippen LogP contribution in [0.1, 0.15) is 22.9 Å². The predicted molar refractivity (Wildman–Crippen MR) is 101 cm³/mol. The van der Waals surface area contributed by atoms with Gasteiger partial charge >= 0.3 is 0 Å². The minimum absolute atomic E-state index is 0.0544. The Bertz CT molecular complexity index is 964. The van der Waals surface area contributed by atoms with Gasteiger partial charge in [-0.25, -0.2) is 4.39 Å². The van der Waals surface area contributed by atoms with E-state index < -0.39 is 0 Å². The van der Waals surface area contributed by atoms with Crippen LogP contribution in [0.3, 0.4) is 0 Å². The number of hydrogen-bond acceptors (Lipinski definition) is 3. The minimum atomic E-state index is -0.249. The highest BCUT2D eigenvalue weighted by Gasteiger charge is 2.15. The average molecular weight is 343 g/mol. The lowest BCUT2D eigenvalue weighted by Crippen LogP contribution is -2.23. The van der Waals surface area contributed by atoms with Gasteiger partial charge in [-0.2, -0.15) is 0 Å². The topological polar surface area (TPSA) is 37.8 Å². The maximum Gasteiger partial charge on any atom is 0.132 e. The molecule has 3 nitrogen and oxygen atoms in total. The van der Waals surface area contributed by atoms with Gasteiger partial charge in [0.15, 0.2) is 0 Å². The lowest BCUT2D eigenvalue weighted by Gasteiger charge is -2.19. The van der Waals surface area contributed by atoms with Gasteiger partial charge in [-0.15, -0.1) is 0 Å². The summed E-state index contributed by atoms with van der Waals surface area (Å²) in [4.78, 5) is 8.88. The van der Waals surface area contributed by atoms with Crippen molar-refractivity contribution >= 4 is 10.9 Å². The third-order valence-electron chi connectivity index (χ3n) is 4.41. The molecule has 0 saturated heterocycles. The summed E-state index contributed by atoms with van der Waals surface area (Å²) in [6, 6.07) is 22.8. The van der Waals surface area contributed by atoms with Crippen LogP contribution in [0.4, 0.5) is 4.39 Å². The molecule has 1 N–H and O–H groups in total. The molecule has 0 fully saturated rings. The van der Waals surface area contributed by atoms with Crippen molar-refractivity contribution < 1.29 is 4.39 Å². The lowest BCUT2D eigenvalue weighted by atomic mass is 10.0. The van der Waals surface area contributed by atoms with E-state index in [9.17, 15) is 4.39 Å². The Labute approximate surface area is 151 Å². The van der Waals surface area contributed by atoms with Crippen LogP contribution in [0.15, 0.2) is 85.2 Å². The summed E-state index contributed by atoms with van der Waals surface area (Å²) in [6.07, 6.45) is 3.49. The van der Waals surface area contributed by atoms with Gasteiger partial charge in [-0.05, 0) is 41.5 Å². The monoisotopic (exact) mass is 343 g/mol. The predicted octanol–water partition coefficient (Wildman–Crippen LogP) is 4.65. The molecule has 2 heterocycles. The number of halogens is 1. The molecular weight excluding hydrogens is 325 g/mol. The Balaban J connectivity index is 1.67. The van der Waals surface area contributed by atoms with E-state index in [-0.39, 0.29) is 11.9 Å². The van der Waals surface area contributed by atoms with Gasteiger partial charge < -0.3 is 5.32 Å². The highest BCUT2D eigenvalue weighted by molar-refractivity contribution is 5.82. The van der Waals surface area contributed by atoms with E-state index in [2.05, 4.69) is 27.4 Å². The van der Waals surface area contributed by atoms with Gasteiger partial charge in [0.2, 0.25) is 0 Å². The van der Waals surface area contributed by atoms with E-state index in [0.29, 0.717) is 17.4 Å². The second kappa shape index (κ2) is 7.42. The van der Waals surface area contributed by atoms with Crippen molar-refractivity contribution in [2.75, 3.05) is 0 Å². The van der Waals surface area contributed by atoms with Crippen LogP contribution >= 0.6 is 0 Å². The van der Waals surface area contributed by atoms with E-state index in [4.69, 9.17) is 0 Å². The minimum Gasteiger partial charge on any atom is -0.301 e. The van der Waals surface area contributed by atoms with Crippen LogP contribution in [0.5, 0.6) is 0 Å². The zero-order chi connectivity index (χ0) is 17.8. The smallest absolute Gasteiger partial charge is 0.132 e. The Morgan fingerprint density at radius 2 is 1.62 bits per heavy atom. The van der Waals surface area contributed by atoms with Gasteiger partial charge in [-0.1, -0.05) is 42.5 Å². The standard InChI is InChI=1S/C22H18FN3/c23-19-12-11-17(21-18(19)9-6-14-25-21)15-26-22(16-7-2-1-3-8-16)20-10-4-5-13-24-20/h1-14,22,26H,15H2. The first-order valence-electron chi connectivity index (χ1n) is 8.54. The molecule has 1 unspecified atom stereocenters. The normalized spacial score (nSPS) is 12.2. The molecule has 0 spiro atoms. The molecule has 0 radical (unpaired) electrons. The number of nitrogens with zero attached hydrogens (tertiary/aromatic N) is 2. The van der Waals surface area contributed by atoms with E-state index in [1.54, 1.807) is 30.6 Å². The number of rotatable bonds is 5. The van der Waals surface area contributed by atoms with Gasteiger partial charge in [-0.3, -0.25) is 9.97 Å². The molecule has 4 aromatic rings. The molecule has 0 bridgehead atoms. The van der Waals surface area contributed by atoms with Gasteiger partial charge in [0, 0.05) is 24.3 Å². The van der Waals surface area contributed by atoms with Crippen molar-refractivity contribution in [3.63, 3.8) is 0 Å². The number of pyridine rings is 2. The number of hydrogen-bond donors (Lipinski definition) is 1. The lowest BCUT2D eigenvalue weighted by molar-refractivity contribution is 0.591. The third kappa shape index (κ3) is 3.32. The molecule has 128 valence electrons. The number of benzene rings is 2. The van der Waals surface area contributed by atoms with Gasteiger partial charge in [0.1, 0.15) is 5.82 Å². The van der Waals surface area contributed by atoms with Crippen molar-refractivity contribution in [3.05, 3.63) is 108 Å². The first-order valence-corrected chi connectivity index (χ1v) is 8.54. The van der Waals surface area contributed by atoms with Crippen molar-refractivity contribution in [1.29, 1.82) is 0 Å². The first kappa shape index (κ1) is 16.4. The second-order valence-electron chi connectivity index (χ2n) is 6.09. The highest BCUT2D eigenvalue weighted by Crippen LogP contribution is 2.23. The van der Waals surface area contributed by atoms with E-state index >= 15 is 0 Å². The molecule has 2 aromatic heterocycles. The Morgan fingerprint density at radius 1 is 0.808 bits per heavy atom. The number of aromatic nitrogens is 2. The maximum absolute atomic E-state index is 14.0. The van der Waals surface area contributed by atoms with Crippen LogP contribution in [-0.2, 0) is 6.54 Å². The summed E-state index contributed by atoms with van der Waals surface area (Å²) in [5.74, 6) is -0.249. The maximum atomic E-state index is 14.0. The second-order valence-corrected chi connectivity index (χ2v) is 6.09. The fourth-order valence-corrected chi connectivity index (χ4v) is 3.14. The summed E-state index contributed by atoms with van der Waals surface area (Å²) in [7, 11) is 0. The van der Waals surface area contributed by atoms with Crippen LogP contribution in [0.25, 0.3) is 10.9 Å². The summed E-state index contributed by atoms with van der Waals surface area (Å²) in [6.45, 7) is 0.559. The molecule has 0 saturated carbocycles. The third-order valence-corrected chi connectivity index (χ3v) is 4.41. The van der Waals surface area contributed by atoms with Crippen molar-refractivity contribution in [2.45, 2.75) is 12.6 Å². The highest BCUT2D eigenvalue weighted by atomic mass is 19.1. The van der Waals surface area contributed by atoms with Crippen LogP contribution in [-0.4, -0.2) is 9.97 Å². The summed E-state index contributed by atoms with van der Waals surface area (Å²) in [5, 5.41) is 4.10. The molecule has 0 aliphatic carbocycles. The van der Waals surface area contributed by atoms with E-state index in [0.717, 1.165) is 16.8 Å². The van der Waals surface area contributed by atoms with Crippen LogP contribution in [0.2, 0.25) is 0 Å². The zero-order valence-electron chi connectivity index (χ0n) is 14.1. The summed E-state index contributed by atoms with van der Waals surface area (Å²) < 4.78 is 14.0. The van der Waals surface area contributed by atoms with Crippen LogP contribution in [0, 0.1) is 5.82 Å². The largest absolute Gasteiger partial charge is 0.301 e. The van der Waals surface area contributed by atoms with Crippen molar-refractivity contribution in [2.24, 2.45) is 0 Å². The SMILES string of the molecule is Fc1ccc(CNC(c2ccccc2)c2ccccn2)c2ncccc12. The Hall–Kier alpha value is -3.11. The Morgan fingerprint density at radius 3 is 2.42 bits per heavy atom. The molecule has 4 rings (SSSR count). The molecule has 0 amide bonds. The molecule has 2 aromatic carbocycles. The molecule has 0 aliphatic heterocycles. The number of fused-ring (bicyclic) bond motifs is 1. The van der Waals surface area contributed by atoms with Gasteiger partial charge in [0.25, 0.3) is 0 Å². The van der Waals surface area contributed by atoms with Crippen LogP contribution < -0.4 is 5.32 Å². The molecular formula is C22H18FN3. The fourth-order valence-electron chi connectivity index (χ4n) is 3.14. The molecule has 4 heteroatoms. The summed E-state index contributed by atoms with van der Waals surface area (Å²) >= 11 is 0. The molecule has 26 heavy (non-hydrogen) atoms. The molecule has 0 aliphatic rings. The fraction of sp³-hybridized carbons (Fsp3) is 0.0909. The quantitative estimate of drug-likeness (QED) is 0.573. The van der Waals surface area contributed by atoms with E-state index in [1.165, 1.54) is 6.07 Å².